The van der Waals surface area contributed by atoms with E-state index in [0.29, 0.717) is 23.6 Å². The molecule has 0 bridgehead atoms. The molecule has 1 N–H and O–H groups in total. The van der Waals surface area contributed by atoms with Crippen LogP contribution < -0.4 is 5.32 Å². The van der Waals surface area contributed by atoms with Gasteiger partial charge >= 0.3 is 6.03 Å². The van der Waals surface area contributed by atoms with Crippen molar-refractivity contribution in [3.63, 3.8) is 0 Å². The van der Waals surface area contributed by atoms with Crippen molar-refractivity contribution < 1.29 is 13.7 Å². The molecule has 6 heteroatoms. The number of aryl methyl sites for hydroxylation is 1. The molecule has 2 heterocycles. The van der Waals surface area contributed by atoms with Crippen LogP contribution in [0, 0.1) is 12.7 Å². The third-order valence-corrected chi connectivity index (χ3v) is 4.40. The zero-order chi connectivity index (χ0) is 17.3. The number of urea groups is 1. The molecule has 1 aromatic heterocycles. The van der Waals surface area contributed by atoms with Crippen molar-refractivity contribution in [1.29, 1.82) is 0 Å². The monoisotopic (exact) mass is 331 g/mol. The third-order valence-electron chi connectivity index (χ3n) is 4.40. The summed E-state index contributed by atoms with van der Waals surface area (Å²) >= 11 is 0. The zero-order valence-electron chi connectivity index (χ0n) is 14.2. The molecule has 2 aromatic rings. The summed E-state index contributed by atoms with van der Waals surface area (Å²) in [6.45, 7) is 6.43. The first-order valence-electron chi connectivity index (χ1n) is 8.26. The predicted molar refractivity (Wildman–Crippen MR) is 89.4 cm³/mol. The van der Waals surface area contributed by atoms with Crippen molar-refractivity contribution >= 4 is 11.7 Å². The number of carbonyl (C=O) groups excluding carboxylic acids is 1. The van der Waals surface area contributed by atoms with Gasteiger partial charge in [0.05, 0.1) is 11.7 Å². The summed E-state index contributed by atoms with van der Waals surface area (Å²) in [6, 6.07) is 6.24. The summed E-state index contributed by atoms with van der Waals surface area (Å²) in [5.41, 5.74) is 1.89. The number of rotatable bonds is 3. The Bertz CT molecular complexity index is 742. The van der Waals surface area contributed by atoms with Gasteiger partial charge in [-0.05, 0) is 43.4 Å². The molecule has 24 heavy (non-hydrogen) atoms. The molecule has 5 nitrogen and oxygen atoms in total. The summed E-state index contributed by atoms with van der Waals surface area (Å²) in [5.74, 6) is 0.658. The minimum atomic E-state index is -0.331. The lowest BCUT2D eigenvalue weighted by Gasteiger charge is -2.23. The maximum absolute atomic E-state index is 13.6. The van der Waals surface area contributed by atoms with E-state index in [0.717, 1.165) is 18.5 Å². The molecular formula is C18H22FN3O2. The van der Waals surface area contributed by atoms with E-state index in [1.165, 1.54) is 6.07 Å². The Morgan fingerprint density at radius 3 is 2.88 bits per heavy atom. The standard InChI is InChI=1S/C18H22FN3O2/c1-11(2)15-10-17(24-21-15)16-5-4-8-22(16)18(23)20-13-7-6-12(3)14(19)9-13/h6-7,9-11,16H,4-5,8H2,1-3H3,(H,20,23)/t16-/m0/s1. The average molecular weight is 331 g/mol. The highest BCUT2D eigenvalue weighted by atomic mass is 19.1. The zero-order valence-corrected chi connectivity index (χ0v) is 14.2. The Balaban J connectivity index is 1.74. The number of hydrogen-bond donors (Lipinski definition) is 1. The van der Waals surface area contributed by atoms with E-state index in [1.807, 2.05) is 19.9 Å². The van der Waals surface area contributed by atoms with Crippen LogP contribution in [0.2, 0.25) is 0 Å². The summed E-state index contributed by atoms with van der Waals surface area (Å²) in [7, 11) is 0. The second kappa shape index (κ2) is 6.63. The van der Waals surface area contributed by atoms with Gasteiger partial charge in [-0.1, -0.05) is 25.1 Å². The number of nitrogens with one attached hydrogen (secondary N) is 1. The number of halogens is 1. The van der Waals surface area contributed by atoms with E-state index >= 15 is 0 Å². The van der Waals surface area contributed by atoms with Gasteiger partial charge in [-0.15, -0.1) is 0 Å². The van der Waals surface area contributed by atoms with Crippen molar-refractivity contribution in [3.8, 4) is 0 Å². The highest BCUT2D eigenvalue weighted by Crippen LogP contribution is 2.33. The molecule has 1 aromatic carbocycles. The Hall–Kier alpha value is -2.37. The third kappa shape index (κ3) is 3.27. The number of nitrogens with zero attached hydrogens (tertiary/aromatic N) is 2. The van der Waals surface area contributed by atoms with E-state index in [9.17, 15) is 9.18 Å². The number of anilines is 1. The summed E-state index contributed by atoms with van der Waals surface area (Å²) in [4.78, 5) is 14.3. The highest BCUT2D eigenvalue weighted by molar-refractivity contribution is 5.89. The molecule has 1 saturated heterocycles. The summed E-state index contributed by atoms with van der Waals surface area (Å²) < 4.78 is 19.1. The van der Waals surface area contributed by atoms with Gasteiger partial charge in [0, 0.05) is 18.3 Å². The molecule has 0 spiro atoms. The number of likely N-dealkylation sites (tertiary alicyclic amines) is 1. The molecule has 0 radical (unpaired) electrons. The van der Waals surface area contributed by atoms with E-state index < -0.39 is 0 Å². The molecule has 1 atom stereocenters. The summed E-state index contributed by atoms with van der Waals surface area (Å²) in [6.07, 6.45) is 1.74. The first-order chi connectivity index (χ1) is 11.5. The second-order valence-corrected chi connectivity index (χ2v) is 6.55. The quantitative estimate of drug-likeness (QED) is 0.893. The van der Waals surface area contributed by atoms with E-state index in [4.69, 9.17) is 4.52 Å². The summed E-state index contributed by atoms with van der Waals surface area (Å²) in [5, 5.41) is 6.84. The van der Waals surface area contributed by atoms with Crippen LogP contribution in [0.5, 0.6) is 0 Å². The Morgan fingerprint density at radius 1 is 1.42 bits per heavy atom. The van der Waals surface area contributed by atoms with Crippen molar-refractivity contribution in [3.05, 3.63) is 47.1 Å². The van der Waals surface area contributed by atoms with Gasteiger partial charge in [0.25, 0.3) is 0 Å². The van der Waals surface area contributed by atoms with Crippen LogP contribution in [0.1, 0.15) is 55.7 Å². The molecule has 2 amide bonds. The van der Waals surface area contributed by atoms with Crippen LogP contribution in [-0.4, -0.2) is 22.6 Å². The number of benzene rings is 1. The highest BCUT2D eigenvalue weighted by Gasteiger charge is 2.33. The average Bonchev–Trinajstić information content (AvgIpc) is 3.18. The van der Waals surface area contributed by atoms with Crippen molar-refractivity contribution in [1.82, 2.24) is 10.1 Å². The topological polar surface area (TPSA) is 58.4 Å². The minimum Gasteiger partial charge on any atom is -0.359 e. The first-order valence-corrected chi connectivity index (χ1v) is 8.26. The number of aromatic nitrogens is 1. The van der Waals surface area contributed by atoms with Crippen LogP contribution in [-0.2, 0) is 0 Å². The molecule has 1 aliphatic rings. The first kappa shape index (κ1) is 16.5. The van der Waals surface area contributed by atoms with Crippen molar-refractivity contribution in [2.75, 3.05) is 11.9 Å². The Kier molecular flexibility index (Phi) is 4.55. The van der Waals surface area contributed by atoms with Crippen LogP contribution in [0.25, 0.3) is 0 Å². The van der Waals surface area contributed by atoms with Gasteiger partial charge in [-0.25, -0.2) is 9.18 Å². The fraction of sp³-hybridized carbons (Fsp3) is 0.444. The van der Waals surface area contributed by atoms with Gasteiger partial charge in [-0.3, -0.25) is 0 Å². The molecular weight excluding hydrogens is 309 g/mol. The molecule has 0 unspecified atom stereocenters. The van der Waals surface area contributed by atoms with Crippen LogP contribution >= 0.6 is 0 Å². The predicted octanol–water partition coefficient (Wildman–Crippen LogP) is 4.61. The Morgan fingerprint density at radius 2 is 2.21 bits per heavy atom. The van der Waals surface area contributed by atoms with Gasteiger partial charge in [0.1, 0.15) is 5.82 Å². The molecule has 0 saturated carbocycles. The van der Waals surface area contributed by atoms with Gasteiger partial charge < -0.3 is 14.7 Å². The maximum Gasteiger partial charge on any atom is 0.322 e. The van der Waals surface area contributed by atoms with Gasteiger partial charge in [0.2, 0.25) is 0 Å². The van der Waals surface area contributed by atoms with Crippen molar-refractivity contribution in [2.24, 2.45) is 0 Å². The molecule has 1 fully saturated rings. The minimum absolute atomic E-state index is 0.125. The maximum atomic E-state index is 13.6. The second-order valence-electron chi connectivity index (χ2n) is 6.55. The molecule has 0 aliphatic carbocycles. The van der Waals surface area contributed by atoms with Crippen LogP contribution in [0.4, 0.5) is 14.9 Å². The number of amides is 2. The van der Waals surface area contributed by atoms with Gasteiger partial charge in [-0.2, -0.15) is 0 Å². The Labute approximate surface area is 140 Å². The van der Waals surface area contributed by atoms with E-state index in [2.05, 4.69) is 10.5 Å². The molecule has 1 aliphatic heterocycles. The van der Waals surface area contributed by atoms with E-state index in [1.54, 1.807) is 24.0 Å². The molecule has 3 rings (SSSR count). The molecule has 128 valence electrons. The number of carbonyl (C=O) groups is 1. The van der Waals surface area contributed by atoms with Crippen LogP contribution in [0.15, 0.2) is 28.8 Å². The lowest BCUT2D eigenvalue weighted by atomic mass is 10.1. The fourth-order valence-corrected chi connectivity index (χ4v) is 2.90. The normalized spacial score (nSPS) is 17.5. The SMILES string of the molecule is Cc1ccc(NC(=O)N2CCC[C@H]2c2cc(C(C)C)no2)cc1F. The lowest BCUT2D eigenvalue weighted by Crippen LogP contribution is -2.34. The number of hydrogen-bond acceptors (Lipinski definition) is 3. The smallest absolute Gasteiger partial charge is 0.322 e. The fourth-order valence-electron chi connectivity index (χ4n) is 2.90. The largest absolute Gasteiger partial charge is 0.359 e. The van der Waals surface area contributed by atoms with Gasteiger partial charge in [0.15, 0.2) is 5.76 Å². The van der Waals surface area contributed by atoms with Crippen LogP contribution in [0.3, 0.4) is 0 Å². The van der Waals surface area contributed by atoms with Crippen molar-refractivity contribution in [2.45, 2.75) is 45.6 Å². The van der Waals surface area contributed by atoms with E-state index in [-0.39, 0.29) is 23.8 Å². The lowest BCUT2D eigenvalue weighted by molar-refractivity contribution is 0.195.